The fourth-order valence-electron chi connectivity index (χ4n) is 1.73. The Morgan fingerprint density at radius 2 is 1.94 bits per heavy atom. The fraction of sp³-hybridized carbons (Fsp3) is 0.231. The summed E-state index contributed by atoms with van der Waals surface area (Å²) in [6, 6.07) is 9.30. The zero-order valence-corrected chi connectivity index (χ0v) is 10.5. The number of hydrogen-bond acceptors (Lipinski definition) is 4. The van der Waals surface area contributed by atoms with Gasteiger partial charge < -0.3 is 14.6 Å². The Balaban J connectivity index is 2.44. The molecule has 2 aromatic rings. The lowest BCUT2D eigenvalue weighted by Gasteiger charge is -2.16. The highest BCUT2D eigenvalue weighted by molar-refractivity contribution is 7.10. The van der Waals surface area contributed by atoms with Crippen LogP contribution in [-0.2, 0) is 0 Å². The molecule has 1 N–H and O–H groups in total. The van der Waals surface area contributed by atoms with Crippen molar-refractivity contribution in [3.8, 4) is 11.5 Å². The number of benzene rings is 1. The van der Waals surface area contributed by atoms with Crippen molar-refractivity contribution in [2.45, 2.75) is 6.10 Å². The lowest BCUT2D eigenvalue weighted by molar-refractivity contribution is 0.216. The Hall–Kier alpha value is -1.52. The van der Waals surface area contributed by atoms with E-state index in [0.29, 0.717) is 17.1 Å². The van der Waals surface area contributed by atoms with Gasteiger partial charge in [-0.25, -0.2) is 0 Å². The zero-order valence-electron chi connectivity index (χ0n) is 9.71. The molecule has 1 aromatic heterocycles. The first-order valence-corrected chi connectivity index (χ1v) is 6.08. The number of aliphatic hydroxyl groups is 1. The smallest absolute Gasteiger partial charge is 0.166 e. The largest absolute Gasteiger partial charge is 0.493 e. The van der Waals surface area contributed by atoms with Crippen molar-refractivity contribution in [2.24, 2.45) is 0 Å². The molecule has 3 nitrogen and oxygen atoms in total. The number of thiophene rings is 1. The molecule has 1 unspecified atom stereocenters. The van der Waals surface area contributed by atoms with E-state index < -0.39 is 6.10 Å². The second-order valence-corrected chi connectivity index (χ2v) is 4.48. The van der Waals surface area contributed by atoms with Crippen LogP contribution in [0.4, 0.5) is 0 Å². The molecule has 0 spiro atoms. The van der Waals surface area contributed by atoms with E-state index in [1.807, 2.05) is 35.7 Å². The molecule has 0 aliphatic carbocycles. The maximum Gasteiger partial charge on any atom is 0.166 e. The summed E-state index contributed by atoms with van der Waals surface area (Å²) in [7, 11) is 3.15. The van der Waals surface area contributed by atoms with Gasteiger partial charge in [-0.1, -0.05) is 18.2 Å². The molecule has 17 heavy (non-hydrogen) atoms. The van der Waals surface area contributed by atoms with Gasteiger partial charge in [-0.3, -0.25) is 0 Å². The molecular weight excluding hydrogens is 236 g/mol. The SMILES string of the molecule is COc1cccc(C(O)c2cccs2)c1OC. The van der Waals surface area contributed by atoms with E-state index in [-0.39, 0.29) is 0 Å². The summed E-state index contributed by atoms with van der Waals surface area (Å²) >= 11 is 1.51. The zero-order chi connectivity index (χ0) is 12.3. The van der Waals surface area contributed by atoms with E-state index in [4.69, 9.17) is 9.47 Å². The number of hydrogen-bond donors (Lipinski definition) is 1. The van der Waals surface area contributed by atoms with Crippen LogP contribution in [0.2, 0.25) is 0 Å². The van der Waals surface area contributed by atoms with Crippen LogP contribution in [0.1, 0.15) is 16.5 Å². The first-order chi connectivity index (χ1) is 8.27. The quantitative estimate of drug-likeness (QED) is 0.906. The van der Waals surface area contributed by atoms with Crippen LogP contribution in [0, 0.1) is 0 Å². The number of aliphatic hydroxyl groups excluding tert-OH is 1. The summed E-state index contributed by atoms with van der Waals surface area (Å²) in [5.74, 6) is 1.21. The molecule has 1 heterocycles. The van der Waals surface area contributed by atoms with Crippen LogP contribution < -0.4 is 9.47 Å². The standard InChI is InChI=1S/C13H14O3S/c1-15-10-6-3-5-9(13(10)16-2)12(14)11-7-4-8-17-11/h3-8,12,14H,1-2H3. The lowest BCUT2D eigenvalue weighted by Crippen LogP contribution is -2.02. The van der Waals surface area contributed by atoms with Crippen molar-refractivity contribution < 1.29 is 14.6 Å². The van der Waals surface area contributed by atoms with E-state index in [1.165, 1.54) is 11.3 Å². The Labute approximate surface area is 104 Å². The van der Waals surface area contributed by atoms with E-state index in [0.717, 1.165) is 4.88 Å². The predicted molar refractivity (Wildman–Crippen MR) is 67.9 cm³/mol. The maximum absolute atomic E-state index is 10.3. The molecule has 1 atom stereocenters. The maximum atomic E-state index is 10.3. The number of para-hydroxylation sites is 1. The lowest BCUT2D eigenvalue weighted by atomic mass is 10.1. The van der Waals surface area contributed by atoms with E-state index in [9.17, 15) is 5.11 Å². The van der Waals surface area contributed by atoms with Crippen molar-refractivity contribution in [1.82, 2.24) is 0 Å². The third-order valence-electron chi connectivity index (χ3n) is 2.54. The minimum absolute atomic E-state index is 0.580. The highest BCUT2D eigenvalue weighted by atomic mass is 32.1. The van der Waals surface area contributed by atoms with E-state index >= 15 is 0 Å². The molecule has 0 saturated heterocycles. The average Bonchev–Trinajstić information content (AvgIpc) is 2.90. The van der Waals surface area contributed by atoms with Gasteiger partial charge in [0.15, 0.2) is 11.5 Å². The summed E-state index contributed by atoms with van der Waals surface area (Å²) < 4.78 is 10.5. The molecule has 2 rings (SSSR count). The molecule has 0 radical (unpaired) electrons. The predicted octanol–water partition coefficient (Wildman–Crippen LogP) is 2.85. The Bertz CT molecular complexity index is 479. The molecule has 0 bridgehead atoms. The molecule has 0 amide bonds. The van der Waals surface area contributed by atoms with Gasteiger partial charge in [-0.2, -0.15) is 0 Å². The molecule has 1 aromatic carbocycles. The minimum atomic E-state index is -0.681. The average molecular weight is 250 g/mol. The van der Waals surface area contributed by atoms with Crippen molar-refractivity contribution >= 4 is 11.3 Å². The molecule has 4 heteroatoms. The third-order valence-corrected chi connectivity index (χ3v) is 3.47. The first kappa shape index (κ1) is 12.0. The van der Waals surface area contributed by atoms with Gasteiger partial charge in [-0.05, 0) is 17.5 Å². The number of methoxy groups -OCH3 is 2. The molecule has 0 saturated carbocycles. The van der Waals surface area contributed by atoms with Crippen LogP contribution in [0.25, 0.3) is 0 Å². The van der Waals surface area contributed by atoms with Crippen molar-refractivity contribution in [3.63, 3.8) is 0 Å². The van der Waals surface area contributed by atoms with Gasteiger partial charge in [0.25, 0.3) is 0 Å². The highest BCUT2D eigenvalue weighted by Crippen LogP contribution is 2.37. The van der Waals surface area contributed by atoms with Crippen LogP contribution >= 0.6 is 11.3 Å². The molecule has 0 aliphatic heterocycles. The Kier molecular flexibility index (Phi) is 3.66. The van der Waals surface area contributed by atoms with Crippen LogP contribution in [0.3, 0.4) is 0 Å². The fourth-order valence-corrected chi connectivity index (χ4v) is 2.45. The van der Waals surface area contributed by atoms with E-state index in [2.05, 4.69) is 0 Å². The summed E-state index contributed by atoms with van der Waals surface area (Å²) in [5.41, 5.74) is 0.717. The van der Waals surface area contributed by atoms with Crippen LogP contribution in [0.5, 0.6) is 11.5 Å². The van der Waals surface area contributed by atoms with Crippen LogP contribution in [0.15, 0.2) is 35.7 Å². The number of rotatable bonds is 4. The highest BCUT2D eigenvalue weighted by Gasteiger charge is 2.18. The van der Waals surface area contributed by atoms with Gasteiger partial charge in [0.1, 0.15) is 6.10 Å². The van der Waals surface area contributed by atoms with Crippen molar-refractivity contribution in [3.05, 3.63) is 46.2 Å². The normalized spacial score (nSPS) is 12.2. The summed E-state index contributed by atoms with van der Waals surface area (Å²) in [6.45, 7) is 0. The monoisotopic (exact) mass is 250 g/mol. The van der Waals surface area contributed by atoms with E-state index in [1.54, 1.807) is 14.2 Å². The van der Waals surface area contributed by atoms with Gasteiger partial charge in [0, 0.05) is 10.4 Å². The molecular formula is C13H14O3S. The van der Waals surface area contributed by atoms with Gasteiger partial charge in [0.2, 0.25) is 0 Å². The second-order valence-electron chi connectivity index (χ2n) is 3.50. The Morgan fingerprint density at radius 3 is 2.53 bits per heavy atom. The summed E-state index contributed by atoms with van der Waals surface area (Å²) in [6.07, 6.45) is -0.681. The minimum Gasteiger partial charge on any atom is -0.493 e. The topological polar surface area (TPSA) is 38.7 Å². The summed E-state index contributed by atoms with van der Waals surface area (Å²) in [4.78, 5) is 0.886. The van der Waals surface area contributed by atoms with Gasteiger partial charge >= 0.3 is 0 Å². The molecule has 90 valence electrons. The van der Waals surface area contributed by atoms with Crippen LogP contribution in [-0.4, -0.2) is 19.3 Å². The second kappa shape index (κ2) is 5.21. The van der Waals surface area contributed by atoms with Gasteiger partial charge in [-0.15, -0.1) is 11.3 Å². The number of ether oxygens (including phenoxy) is 2. The molecule has 0 aliphatic rings. The first-order valence-electron chi connectivity index (χ1n) is 5.20. The Morgan fingerprint density at radius 1 is 1.12 bits per heavy atom. The van der Waals surface area contributed by atoms with Gasteiger partial charge in [0.05, 0.1) is 14.2 Å². The summed E-state index contributed by atoms with van der Waals surface area (Å²) in [5, 5.41) is 12.2. The molecule has 0 fully saturated rings. The third kappa shape index (κ3) is 2.28. The van der Waals surface area contributed by atoms with Crippen molar-refractivity contribution in [1.29, 1.82) is 0 Å². The van der Waals surface area contributed by atoms with Crippen molar-refractivity contribution in [2.75, 3.05) is 14.2 Å².